The lowest BCUT2D eigenvalue weighted by molar-refractivity contribution is -0.156. The van der Waals surface area contributed by atoms with Gasteiger partial charge in [0, 0.05) is 18.3 Å². The second kappa shape index (κ2) is 4.90. The summed E-state index contributed by atoms with van der Waals surface area (Å²) in [4.78, 5) is 10.9. The Morgan fingerprint density at radius 2 is 2.33 bits per heavy atom. The maximum absolute atomic E-state index is 10.9. The Morgan fingerprint density at radius 3 is 2.80 bits per heavy atom. The minimum Gasteiger partial charge on any atom is -0.467 e. The molecular formula is C9H14N2O4. The van der Waals surface area contributed by atoms with Crippen LogP contribution in [0.5, 0.6) is 0 Å². The van der Waals surface area contributed by atoms with Gasteiger partial charge in [0.05, 0.1) is 13.3 Å². The zero-order chi connectivity index (χ0) is 11.4. The lowest BCUT2D eigenvalue weighted by Crippen LogP contribution is -2.28. The molecule has 1 aromatic rings. The average molecular weight is 214 g/mol. The first-order valence-electron chi connectivity index (χ1n) is 4.56. The summed E-state index contributed by atoms with van der Waals surface area (Å²) in [5, 5.41) is 22.9. The van der Waals surface area contributed by atoms with Gasteiger partial charge in [-0.25, -0.2) is 4.79 Å². The fourth-order valence-electron chi connectivity index (χ4n) is 1.14. The van der Waals surface area contributed by atoms with Gasteiger partial charge in [0.2, 0.25) is 0 Å². The predicted molar refractivity (Wildman–Crippen MR) is 50.9 cm³/mol. The summed E-state index contributed by atoms with van der Waals surface area (Å²) in [6, 6.07) is 0. The summed E-state index contributed by atoms with van der Waals surface area (Å²) in [5.74, 6) is -0.869. The molecule has 0 aliphatic carbocycles. The van der Waals surface area contributed by atoms with Crippen molar-refractivity contribution in [2.24, 2.45) is 0 Å². The smallest absolute Gasteiger partial charge is 0.337 e. The van der Waals surface area contributed by atoms with Crippen LogP contribution in [0.4, 0.5) is 0 Å². The van der Waals surface area contributed by atoms with E-state index >= 15 is 0 Å². The largest absolute Gasteiger partial charge is 0.467 e. The predicted octanol–water partition coefficient (Wildman–Crippen LogP) is -0.530. The zero-order valence-corrected chi connectivity index (χ0v) is 8.62. The van der Waals surface area contributed by atoms with Gasteiger partial charge in [-0.05, 0) is 6.92 Å². The molecule has 0 bridgehead atoms. The van der Waals surface area contributed by atoms with Gasteiger partial charge in [-0.3, -0.25) is 4.68 Å². The van der Waals surface area contributed by atoms with E-state index in [1.165, 1.54) is 6.20 Å². The highest BCUT2D eigenvalue weighted by atomic mass is 16.5. The lowest BCUT2D eigenvalue weighted by Gasteiger charge is -2.13. The number of hydrogen-bond donors (Lipinski definition) is 2. The quantitative estimate of drug-likeness (QED) is 0.658. The van der Waals surface area contributed by atoms with Crippen LogP contribution in [-0.4, -0.2) is 39.2 Å². The standard InChI is InChI=1S/C9H14N2O4/c1-3-11-5-6(4-10-11)7(12)8(13)9(14)15-2/h4-5,7-8,12-13H,3H2,1-2H3. The molecule has 6 heteroatoms. The minimum atomic E-state index is -1.58. The van der Waals surface area contributed by atoms with E-state index < -0.39 is 18.2 Å². The first-order chi connectivity index (χ1) is 7.10. The molecule has 2 unspecified atom stereocenters. The fourth-order valence-corrected chi connectivity index (χ4v) is 1.14. The van der Waals surface area contributed by atoms with Gasteiger partial charge in [-0.2, -0.15) is 5.10 Å². The molecule has 1 heterocycles. The van der Waals surface area contributed by atoms with Crippen LogP contribution < -0.4 is 0 Å². The molecule has 15 heavy (non-hydrogen) atoms. The van der Waals surface area contributed by atoms with Crippen LogP contribution in [0.2, 0.25) is 0 Å². The van der Waals surface area contributed by atoms with Crippen molar-refractivity contribution in [1.82, 2.24) is 9.78 Å². The first-order valence-corrected chi connectivity index (χ1v) is 4.56. The molecule has 1 rings (SSSR count). The van der Waals surface area contributed by atoms with E-state index in [4.69, 9.17) is 0 Å². The van der Waals surface area contributed by atoms with E-state index in [1.54, 1.807) is 10.9 Å². The molecule has 0 aliphatic heterocycles. The molecule has 2 atom stereocenters. The Hall–Kier alpha value is -1.40. The molecule has 2 N–H and O–H groups in total. The van der Waals surface area contributed by atoms with Gasteiger partial charge in [0.25, 0.3) is 0 Å². The van der Waals surface area contributed by atoms with Gasteiger partial charge in [0.1, 0.15) is 6.10 Å². The summed E-state index contributed by atoms with van der Waals surface area (Å²) in [7, 11) is 1.15. The second-order valence-electron chi connectivity index (χ2n) is 3.04. The van der Waals surface area contributed by atoms with E-state index in [0.29, 0.717) is 12.1 Å². The van der Waals surface area contributed by atoms with E-state index in [-0.39, 0.29) is 0 Å². The topological polar surface area (TPSA) is 84.6 Å². The van der Waals surface area contributed by atoms with Crippen molar-refractivity contribution in [2.45, 2.75) is 25.7 Å². The number of ether oxygens (including phenoxy) is 1. The number of aryl methyl sites for hydroxylation is 1. The Labute approximate surface area is 87.1 Å². The van der Waals surface area contributed by atoms with Crippen LogP contribution in [0.15, 0.2) is 12.4 Å². The Kier molecular flexibility index (Phi) is 3.81. The van der Waals surface area contributed by atoms with Gasteiger partial charge in [0.15, 0.2) is 6.10 Å². The molecular weight excluding hydrogens is 200 g/mol. The van der Waals surface area contributed by atoms with Gasteiger partial charge < -0.3 is 14.9 Å². The van der Waals surface area contributed by atoms with Crippen molar-refractivity contribution in [3.05, 3.63) is 18.0 Å². The highest BCUT2D eigenvalue weighted by molar-refractivity contribution is 5.75. The zero-order valence-electron chi connectivity index (χ0n) is 8.62. The van der Waals surface area contributed by atoms with E-state index in [1.807, 2.05) is 6.92 Å². The van der Waals surface area contributed by atoms with Gasteiger partial charge in [-0.15, -0.1) is 0 Å². The van der Waals surface area contributed by atoms with Crippen molar-refractivity contribution >= 4 is 5.97 Å². The third kappa shape index (κ3) is 2.54. The molecule has 0 fully saturated rings. The molecule has 0 saturated carbocycles. The van der Waals surface area contributed by atoms with E-state index in [2.05, 4.69) is 9.84 Å². The molecule has 0 radical (unpaired) electrons. The van der Waals surface area contributed by atoms with Crippen molar-refractivity contribution in [3.63, 3.8) is 0 Å². The SMILES string of the molecule is CCn1cc(C(O)C(O)C(=O)OC)cn1. The van der Waals surface area contributed by atoms with Crippen LogP contribution in [0.1, 0.15) is 18.6 Å². The second-order valence-corrected chi connectivity index (χ2v) is 3.04. The third-order valence-corrected chi connectivity index (χ3v) is 2.06. The minimum absolute atomic E-state index is 0.384. The van der Waals surface area contributed by atoms with Crippen molar-refractivity contribution < 1.29 is 19.7 Å². The average Bonchev–Trinajstić information content (AvgIpc) is 2.74. The molecule has 0 aliphatic rings. The number of carbonyl (C=O) groups excluding carboxylic acids is 1. The van der Waals surface area contributed by atoms with Gasteiger partial charge >= 0.3 is 5.97 Å². The molecule has 84 valence electrons. The highest BCUT2D eigenvalue weighted by Crippen LogP contribution is 2.16. The Bertz CT molecular complexity index is 337. The van der Waals surface area contributed by atoms with Crippen LogP contribution in [0.3, 0.4) is 0 Å². The van der Waals surface area contributed by atoms with Crippen molar-refractivity contribution in [1.29, 1.82) is 0 Å². The van der Waals surface area contributed by atoms with E-state index in [9.17, 15) is 15.0 Å². The molecule has 0 amide bonds. The van der Waals surface area contributed by atoms with Crippen molar-refractivity contribution in [3.8, 4) is 0 Å². The Morgan fingerprint density at radius 1 is 1.67 bits per heavy atom. The van der Waals surface area contributed by atoms with Crippen LogP contribution in [0, 0.1) is 0 Å². The number of methoxy groups -OCH3 is 1. The number of rotatable bonds is 4. The fraction of sp³-hybridized carbons (Fsp3) is 0.556. The van der Waals surface area contributed by atoms with E-state index in [0.717, 1.165) is 7.11 Å². The normalized spacial score (nSPS) is 14.7. The van der Waals surface area contributed by atoms with Crippen LogP contribution in [0.25, 0.3) is 0 Å². The molecule has 0 saturated heterocycles. The molecule has 6 nitrogen and oxygen atoms in total. The number of aliphatic hydroxyl groups excluding tert-OH is 2. The molecule has 0 spiro atoms. The molecule has 0 aromatic carbocycles. The first kappa shape index (κ1) is 11.7. The monoisotopic (exact) mass is 214 g/mol. The Balaban J connectivity index is 2.75. The number of aliphatic hydroxyl groups is 2. The lowest BCUT2D eigenvalue weighted by atomic mass is 10.1. The maximum atomic E-state index is 10.9. The van der Waals surface area contributed by atoms with Crippen LogP contribution in [-0.2, 0) is 16.1 Å². The number of esters is 1. The number of hydrogen-bond acceptors (Lipinski definition) is 5. The summed E-state index contributed by atoms with van der Waals surface area (Å²) in [6.07, 6.45) is 0.0826. The van der Waals surface area contributed by atoms with Crippen LogP contribution >= 0.6 is 0 Å². The summed E-state index contributed by atoms with van der Waals surface area (Å²) in [6.45, 7) is 2.54. The summed E-state index contributed by atoms with van der Waals surface area (Å²) < 4.78 is 5.90. The maximum Gasteiger partial charge on any atom is 0.337 e. The number of nitrogens with zero attached hydrogens (tertiary/aromatic N) is 2. The molecule has 1 aromatic heterocycles. The number of aromatic nitrogens is 2. The van der Waals surface area contributed by atoms with Crippen molar-refractivity contribution in [2.75, 3.05) is 7.11 Å². The third-order valence-electron chi connectivity index (χ3n) is 2.06. The summed E-state index contributed by atoms with van der Waals surface area (Å²) >= 11 is 0. The number of carbonyl (C=O) groups is 1. The highest BCUT2D eigenvalue weighted by Gasteiger charge is 2.27. The summed E-state index contributed by atoms with van der Waals surface area (Å²) in [5.41, 5.74) is 0.384. The van der Waals surface area contributed by atoms with Gasteiger partial charge in [-0.1, -0.05) is 0 Å².